The van der Waals surface area contributed by atoms with Crippen molar-refractivity contribution in [2.24, 2.45) is 4.99 Å². The van der Waals surface area contributed by atoms with Gasteiger partial charge in [-0.1, -0.05) is 0 Å². The number of hydrogen-bond acceptors (Lipinski definition) is 7. The summed E-state index contributed by atoms with van der Waals surface area (Å²) in [5.41, 5.74) is 1.48. The van der Waals surface area contributed by atoms with Gasteiger partial charge in [0, 0.05) is 17.2 Å². The lowest BCUT2D eigenvalue weighted by Gasteiger charge is -2.11. The van der Waals surface area contributed by atoms with Crippen molar-refractivity contribution in [2.75, 3.05) is 27.4 Å². The molecule has 152 valence electrons. The molecule has 1 aliphatic rings. The van der Waals surface area contributed by atoms with E-state index < -0.39 is 5.97 Å². The third-order valence-corrected chi connectivity index (χ3v) is 4.14. The molecular formula is C22H23NO6. The molecule has 0 aliphatic carbocycles. The molecule has 7 heteroatoms. The standard InChI is InChI=1S/C22H23NO6/c1-5-27-18-10-8-15(12-20(18)28-6-2)21-23-17(22(24)29-21)11-14-7-9-16(25-3)13-19(14)26-4/h7-13H,5-6H2,1-4H3/b17-11+. The van der Waals surface area contributed by atoms with Gasteiger partial charge in [-0.25, -0.2) is 9.79 Å². The molecule has 0 radical (unpaired) electrons. The Labute approximate surface area is 169 Å². The summed E-state index contributed by atoms with van der Waals surface area (Å²) in [7, 11) is 3.12. The van der Waals surface area contributed by atoms with Crippen LogP contribution in [0.4, 0.5) is 0 Å². The highest BCUT2D eigenvalue weighted by atomic mass is 16.6. The Morgan fingerprint density at radius 1 is 0.931 bits per heavy atom. The first-order chi connectivity index (χ1) is 14.1. The minimum atomic E-state index is -0.537. The molecule has 0 saturated heterocycles. The molecule has 2 aromatic rings. The molecule has 7 nitrogen and oxygen atoms in total. The Hall–Kier alpha value is -3.48. The van der Waals surface area contributed by atoms with E-state index in [9.17, 15) is 4.79 Å². The number of carbonyl (C=O) groups is 1. The van der Waals surface area contributed by atoms with Gasteiger partial charge in [-0.05, 0) is 50.3 Å². The topological polar surface area (TPSA) is 75.6 Å². The smallest absolute Gasteiger partial charge is 0.363 e. The third kappa shape index (κ3) is 4.51. The Balaban J connectivity index is 1.94. The zero-order valence-corrected chi connectivity index (χ0v) is 16.9. The van der Waals surface area contributed by atoms with Crippen LogP contribution in [-0.4, -0.2) is 39.3 Å². The number of rotatable bonds is 8. The SMILES string of the molecule is CCOc1ccc(C2=N/C(=C/c3ccc(OC)cc3OC)C(=O)O2)cc1OCC. The summed E-state index contributed by atoms with van der Waals surface area (Å²) in [5.74, 6) is 2.08. The van der Waals surface area contributed by atoms with Crippen molar-refractivity contribution in [1.82, 2.24) is 0 Å². The van der Waals surface area contributed by atoms with E-state index in [1.165, 1.54) is 0 Å². The zero-order valence-electron chi connectivity index (χ0n) is 16.9. The molecule has 0 unspecified atom stereocenters. The summed E-state index contributed by atoms with van der Waals surface area (Å²) in [4.78, 5) is 16.7. The third-order valence-electron chi connectivity index (χ3n) is 4.14. The van der Waals surface area contributed by atoms with Gasteiger partial charge in [0.15, 0.2) is 17.2 Å². The normalized spacial score (nSPS) is 14.4. The predicted molar refractivity (Wildman–Crippen MR) is 109 cm³/mol. The van der Waals surface area contributed by atoms with E-state index in [2.05, 4.69) is 4.99 Å². The lowest BCUT2D eigenvalue weighted by molar-refractivity contribution is -0.129. The fraction of sp³-hybridized carbons (Fsp3) is 0.273. The van der Waals surface area contributed by atoms with E-state index in [-0.39, 0.29) is 11.6 Å². The second-order valence-electron chi connectivity index (χ2n) is 5.97. The van der Waals surface area contributed by atoms with Crippen LogP contribution in [0.15, 0.2) is 47.1 Å². The maximum absolute atomic E-state index is 12.3. The monoisotopic (exact) mass is 397 g/mol. The van der Waals surface area contributed by atoms with Crippen LogP contribution in [0.25, 0.3) is 6.08 Å². The summed E-state index contributed by atoms with van der Waals surface area (Å²) in [6.45, 7) is 4.79. The van der Waals surface area contributed by atoms with E-state index in [0.29, 0.717) is 47.3 Å². The number of esters is 1. The molecule has 0 fully saturated rings. The summed E-state index contributed by atoms with van der Waals surface area (Å²) in [6, 6.07) is 10.6. The van der Waals surface area contributed by atoms with Crippen molar-refractivity contribution < 1.29 is 28.5 Å². The Kier molecular flexibility index (Phi) is 6.39. The first kappa shape index (κ1) is 20.3. The summed E-state index contributed by atoms with van der Waals surface area (Å²) in [6.07, 6.45) is 1.62. The van der Waals surface area contributed by atoms with E-state index >= 15 is 0 Å². The molecule has 1 heterocycles. The molecule has 0 aromatic heterocycles. The van der Waals surface area contributed by atoms with Gasteiger partial charge in [-0.3, -0.25) is 0 Å². The second-order valence-corrected chi connectivity index (χ2v) is 5.97. The molecule has 3 rings (SSSR count). The summed E-state index contributed by atoms with van der Waals surface area (Å²) >= 11 is 0. The molecular weight excluding hydrogens is 374 g/mol. The molecule has 0 spiro atoms. The van der Waals surface area contributed by atoms with Gasteiger partial charge < -0.3 is 23.7 Å². The van der Waals surface area contributed by atoms with Crippen LogP contribution < -0.4 is 18.9 Å². The minimum absolute atomic E-state index is 0.176. The molecule has 0 N–H and O–H groups in total. The number of benzene rings is 2. The predicted octanol–water partition coefficient (Wildman–Crippen LogP) is 3.85. The fourth-order valence-electron chi connectivity index (χ4n) is 2.80. The maximum atomic E-state index is 12.3. The zero-order chi connectivity index (χ0) is 20.8. The second kappa shape index (κ2) is 9.14. The van der Waals surface area contributed by atoms with Gasteiger partial charge in [0.2, 0.25) is 5.90 Å². The number of ether oxygens (including phenoxy) is 5. The average molecular weight is 397 g/mol. The highest BCUT2D eigenvalue weighted by Crippen LogP contribution is 2.31. The lowest BCUT2D eigenvalue weighted by Crippen LogP contribution is -2.06. The van der Waals surface area contributed by atoms with Crippen LogP contribution >= 0.6 is 0 Å². The largest absolute Gasteiger partial charge is 0.497 e. The molecule has 0 atom stereocenters. The minimum Gasteiger partial charge on any atom is -0.497 e. The maximum Gasteiger partial charge on any atom is 0.363 e. The van der Waals surface area contributed by atoms with Crippen LogP contribution in [-0.2, 0) is 9.53 Å². The van der Waals surface area contributed by atoms with Gasteiger partial charge in [-0.2, -0.15) is 0 Å². The molecule has 29 heavy (non-hydrogen) atoms. The van der Waals surface area contributed by atoms with Crippen LogP contribution in [0.2, 0.25) is 0 Å². The molecule has 2 aromatic carbocycles. The first-order valence-corrected chi connectivity index (χ1v) is 9.24. The molecule has 0 amide bonds. The van der Waals surface area contributed by atoms with Crippen LogP contribution in [0.1, 0.15) is 25.0 Å². The number of hydrogen-bond donors (Lipinski definition) is 0. The van der Waals surface area contributed by atoms with Crippen LogP contribution in [0.5, 0.6) is 23.0 Å². The number of aliphatic imine (C=N–C) groups is 1. The van der Waals surface area contributed by atoms with E-state index in [1.54, 1.807) is 56.7 Å². The van der Waals surface area contributed by atoms with Crippen molar-refractivity contribution >= 4 is 17.9 Å². The number of cyclic esters (lactones) is 1. The van der Waals surface area contributed by atoms with Crippen molar-refractivity contribution in [2.45, 2.75) is 13.8 Å². The van der Waals surface area contributed by atoms with Gasteiger partial charge in [0.05, 0.1) is 27.4 Å². The van der Waals surface area contributed by atoms with E-state index in [4.69, 9.17) is 23.7 Å². The van der Waals surface area contributed by atoms with Crippen molar-refractivity contribution in [3.8, 4) is 23.0 Å². The average Bonchev–Trinajstić information content (AvgIpc) is 3.10. The quantitative estimate of drug-likeness (QED) is 0.498. The Bertz CT molecular complexity index is 964. The van der Waals surface area contributed by atoms with E-state index in [0.717, 1.165) is 0 Å². The Morgan fingerprint density at radius 3 is 2.38 bits per heavy atom. The van der Waals surface area contributed by atoms with Crippen molar-refractivity contribution in [3.05, 3.63) is 53.2 Å². The molecule has 0 bridgehead atoms. The van der Waals surface area contributed by atoms with Crippen molar-refractivity contribution in [3.63, 3.8) is 0 Å². The van der Waals surface area contributed by atoms with Gasteiger partial charge in [-0.15, -0.1) is 0 Å². The van der Waals surface area contributed by atoms with Gasteiger partial charge in [0.1, 0.15) is 11.5 Å². The van der Waals surface area contributed by atoms with Crippen molar-refractivity contribution in [1.29, 1.82) is 0 Å². The summed E-state index contributed by atoms with van der Waals surface area (Å²) in [5, 5.41) is 0. The molecule has 1 aliphatic heterocycles. The highest BCUT2D eigenvalue weighted by Gasteiger charge is 2.25. The highest BCUT2D eigenvalue weighted by molar-refractivity contribution is 6.13. The summed E-state index contributed by atoms with van der Waals surface area (Å²) < 4.78 is 27.1. The fourth-order valence-corrected chi connectivity index (χ4v) is 2.80. The number of methoxy groups -OCH3 is 2. The molecule has 0 saturated carbocycles. The first-order valence-electron chi connectivity index (χ1n) is 9.24. The van der Waals surface area contributed by atoms with Gasteiger partial charge >= 0.3 is 5.97 Å². The van der Waals surface area contributed by atoms with Crippen LogP contribution in [0.3, 0.4) is 0 Å². The van der Waals surface area contributed by atoms with E-state index in [1.807, 2.05) is 13.8 Å². The van der Waals surface area contributed by atoms with Crippen LogP contribution in [0, 0.1) is 0 Å². The number of nitrogens with zero attached hydrogens (tertiary/aromatic N) is 1. The lowest BCUT2D eigenvalue weighted by atomic mass is 10.1. The van der Waals surface area contributed by atoms with Gasteiger partial charge in [0.25, 0.3) is 0 Å². The number of carbonyl (C=O) groups excluding carboxylic acids is 1. The Morgan fingerprint density at radius 2 is 1.69 bits per heavy atom.